The average Bonchev–Trinajstić information content (AvgIpc) is 1.64. The van der Waals surface area contributed by atoms with Crippen LogP contribution in [0.3, 0.4) is 0 Å². The molecule has 624 valence electrons. The van der Waals surface area contributed by atoms with E-state index in [9.17, 15) is 42.7 Å². The van der Waals surface area contributed by atoms with Gasteiger partial charge in [0.15, 0.2) is 30.6 Å². The van der Waals surface area contributed by atoms with Crippen molar-refractivity contribution >= 4 is 125 Å². The third-order valence-electron chi connectivity index (χ3n) is 22.6. The van der Waals surface area contributed by atoms with Gasteiger partial charge in [-0.2, -0.15) is 11.6 Å². The predicted octanol–water partition coefficient (Wildman–Crippen LogP) is 19.2. The molecule has 3 aliphatic heterocycles. The molecule has 3 amide bonds. The Kier molecular flexibility index (Phi) is 28.7. The van der Waals surface area contributed by atoms with Crippen LogP contribution in [0, 0.1) is 82.9 Å². The van der Waals surface area contributed by atoms with Crippen LogP contribution in [0.1, 0.15) is 118 Å². The molecule has 0 saturated carbocycles. The summed E-state index contributed by atoms with van der Waals surface area (Å²) >= 11 is 13.4. The Bertz CT molecular complexity index is 5250. The standard InChI is InChI=1S/C94H98B2BrClFN3O15S3/c1-54-40-62(41-55(2)83(54)114-92(7,8)86(95)105)46-69-50-101(90(109)111-73-26-20-70(97)21-27-73)53-80(69)82(104)65-18-36-78(37-19-65)120-117-88(107)94(11,12)116-85-58(5)42-63(43-59(85)6)47-68-51-102(91(110)113-75-30-24-72(99)25-31-75)52-79(68)81(103)64-16-34-77(35-17-64)119-96-87(106)93(9,10)115-84-56(3)38-61(39-57(84)4)45-67-49-100(89(108)112-74-28-22-71(98)23-29-74)48-66(67)44-60-14-32-76(118-13)33-15-60/h14-43,66-69,79-80,96H,44-53,95H2,1-13H3. The molecule has 3 heterocycles. The van der Waals surface area contributed by atoms with Gasteiger partial charge < -0.3 is 56.9 Å². The molecule has 0 spiro atoms. The molecule has 9 aromatic rings. The minimum Gasteiger partial charge on any atom is -0.481 e. The van der Waals surface area contributed by atoms with Crippen LogP contribution in [0.2, 0.25) is 5.02 Å². The number of nitrogens with zero attached hydrogens (tertiary/aromatic N) is 3. The third kappa shape index (κ3) is 22.5. The maximum absolute atomic E-state index is 14.9. The summed E-state index contributed by atoms with van der Waals surface area (Å²) in [6.07, 6.45) is 2.75. The first-order valence-corrected chi connectivity index (χ1v) is 44.1. The fourth-order valence-corrected chi connectivity index (χ4v) is 18.2. The van der Waals surface area contributed by atoms with E-state index in [1.165, 1.54) is 59.1 Å². The molecule has 0 bridgehead atoms. The summed E-state index contributed by atoms with van der Waals surface area (Å²) in [7, 11) is 1.50. The lowest BCUT2D eigenvalue weighted by atomic mass is 9.84. The van der Waals surface area contributed by atoms with Crippen LogP contribution in [0.25, 0.3) is 0 Å². The molecule has 3 fully saturated rings. The Morgan fingerprint density at radius 1 is 0.450 bits per heavy atom. The number of ketones is 2. The van der Waals surface area contributed by atoms with Crippen LogP contribution < -0.4 is 28.4 Å². The van der Waals surface area contributed by atoms with Gasteiger partial charge in [-0.25, -0.2) is 23.6 Å². The summed E-state index contributed by atoms with van der Waals surface area (Å²) in [5, 5.41) is 0.552. The van der Waals surface area contributed by atoms with E-state index < -0.39 is 58.7 Å². The van der Waals surface area contributed by atoms with Crippen molar-refractivity contribution in [3.63, 3.8) is 0 Å². The number of Topliss-reactive ketones (excluding diaryl/α,β-unsaturated/α-hetero) is 2. The van der Waals surface area contributed by atoms with Gasteiger partial charge in [0.25, 0.3) is 6.56 Å². The lowest BCUT2D eigenvalue weighted by Gasteiger charge is -2.28. The van der Waals surface area contributed by atoms with Gasteiger partial charge in [-0.15, -0.1) is 11.8 Å². The largest absolute Gasteiger partial charge is 0.481 e. The van der Waals surface area contributed by atoms with Crippen molar-refractivity contribution < 1.29 is 75.4 Å². The molecule has 0 N–H and O–H groups in total. The van der Waals surface area contributed by atoms with E-state index in [1.807, 2.05) is 77.9 Å². The molecular weight excluding hydrogens is 1660 g/mol. The Morgan fingerprint density at radius 2 is 0.800 bits per heavy atom. The van der Waals surface area contributed by atoms with E-state index in [-0.39, 0.29) is 85.1 Å². The summed E-state index contributed by atoms with van der Waals surface area (Å²) in [5.41, 5.74) is 5.84. The van der Waals surface area contributed by atoms with Crippen molar-refractivity contribution in [3.05, 3.63) is 264 Å². The highest BCUT2D eigenvalue weighted by Gasteiger charge is 2.44. The average molecular weight is 1760 g/mol. The number of benzene rings is 9. The number of thioether (sulfide) groups is 1. The molecule has 18 nitrogen and oxygen atoms in total. The van der Waals surface area contributed by atoms with E-state index in [0.29, 0.717) is 93.3 Å². The molecule has 3 aliphatic rings. The molecule has 0 aliphatic carbocycles. The highest BCUT2D eigenvalue weighted by molar-refractivity contribution is 9.10. The van der Waals surface area contributed by atoms with E-state index in [1.54, 1.807) is 148 Å². The minimum atomic E-state index is -1.50. The third-order valence-corrected chi connectivity index (χ3v) is 25.9. The number of ether oxygens (including phenoxy) is 6. The number of hydrogen-bond donors (Lipinski definition) is 0. The van der Waals surface area contributed by atoms with Crippen LogP contribution in [-0.2, 0) is 44.2 Å². The minimum absolute atomic E-state index is 0.0467. The van der Waals surface area contributed by atoms with Crippen molar-refractivity contribution in [1.29, 1.82) is 0 Å². The quantitative estimate of drug-likeness (QED) is 0.0177. The smallest absolute Gasteiger partial charge is 0.415 e. The van der Waals surface area contributed by atoms with Crippen LogP contribution in [-0.4, -0.2) is 139 Å². The number of aryl methyl sites for hydroxylation is 6. The summed E-state index contributed by atoms with van der Waals surface area (Å²) in [6.45, 7) is 23.5. The van der Waals surface area contributed by atoms with Crippen LogP contribution >= 0.6 is 62.9 Å². The van der Waals surface area contributed by atoms with Crippen molar-refractivity contribution in [1.82, 2.24) is 14.7 Å². The molecular formula is C94H98B2BrClFN3O15S3. The van der Waals surface area contributed by atoms with Crippen LogP contribution in [0.15, 0.2) is 201 Å². The Hall–Kier alpha value is -9.78. The fourth-order valence-electron chi connectivity index (χ4n) is 15.8. The predicted molar refractivity (Wildman–Crippen MR) is 476 cm³/mol. The van der Waals surface area contributed by atoms with Gasteiger partial charge >= 0.3 is 24.2 Å². The molecule has 6 unspecified atom stereocenters. The number of likely N-dealkylation sites (tertiary alicyclic amines) is 3. The monoisotopic (exact) mass is 1760 g/mol. The van der Waals surface area contributed by atoms with Gasteiger partial charge in [0.2, 0.25) is 5.60 Å². The second kappa shape index (κ2) is 38.5. The SMILES string of the molecule is BC(=O)C(C)(C)Oc1c(C)cc(CC2CN(C(=O)Oc3ccc(Br)cc3)CC2C(=O)c2ccc(SOC(=O)C(C)(C)Oc3c(C)cc(CC4CN(C(=O)Oc5ccc(F)cc5)CC4C(=O)c4ccc(SBC(=O)C(C)(C)Oc5c(C)cc(CC6CN(C(=O)Oc7ccc(Cl)cc7)CC6Cc6ccc(SC)cc6)cc5C)cc4)cc3C)cc2)cc1C. The van der Waals surface area contributed by atoms with E-state index >= 15 is 0 Å². The molecule has 120 heavy (non-hydrogen) atoms. The van der Waals surface area contributed by atoms with E-state index in [2.05, 4.69) is 58.6 Å². The molecule has 0 radical (unpaired) electrons. The van der Waals surface area contributed by atoms with Crippen LogP contribution in [0.5, 0.6) is 34.5 Å². The number of rotatable bonds is 30. The lowest BCUT2D eigenvalue weighted by molar-refractivity contribution is -0.147. The zero-order valence-corrected chi connectivity index (χ0v) is 74.7. The van der Waals surface area contributed by atoms with Crippen molar-refractivity contribution in [2.75, 3.05) is 45.5 Å². The summed E-state index contributed by atoms with van der Waals surface area (Å²) in [4.78, 5) is 119. The topological polar surface area (TPSA) is 211 Å². The van der Waals surface area contributed by atoms with Gasteiger partial charge in [0.1, 0.15) is 51.7 Å². The second-order valence-electron chi connectivity index (χ2n) is 33.1. The number of carbonyl (C=O) groups is 8. The van der Waals surface area contributed by atoms with Gasteiger partial charge in [-0.3, -0.25) is 9.59 Å². The van der Waals surface area contributed by atoms with Crippen LogP contribution in [0.4, 0.5) is 18.8 Å². The summed E-state index contributed by atoms with van der Waals surface area (Å²) in [5.74, 6) is -0.511. The first kappa shape index (κ1) is 89.5. The normalized spacial score (nSPS) is 17.3. The van der Waals surface area contributed by atoms with E-state index in [0.717, 1.165) is 66.8 Å². The Balaban J connectivity index is 0.664. The molecule has 6 atom stereocenters. The van der Waals surface area contributed by atoms with Gasteiger partial charge in [0.05, 0.1) is 12.0 Å². The summed E-state index contributed by atoms with van der Waals surface area (Å²) in [6, 6.07) is 53.4. The first-order chi connectivity index (χ1) is 56.9. The number of halogens is 3. The zero-order chi connectivity index (χ0) is 86.2. The second-order valence-corrected chi connectivity index (χ2v) is 37.2. The fraction of sp³-hybridized carbons (Fsp3) is 0.340. The molecule has 0 aromatic heterocycles. The highest BCUT2D eigenvalue weighted by atomic mass is 79.9. The Labute approximate surface area is 729 Å². The maximum Gasteiger partial charge on any atom is 0.415 e. The molecule has 12 rings (SSSR count). The highest BCUT2D eigenvalue weighted by Crippen LogP contribution is 2.41. The molecule has 3 saturated heterocycles. The van der Waals surface area contributed by atoms with Crippen molar-refractivity contribution in [2.45, 2.75) is 140 Å². The van der Waals surface area contributed by atoms with Gasteiger partial charge in [-0.05, 0) is 308 Å². The zero-order valence-electron chi connectivity index (χ0n) is 69.9. The van der Waals surface area contributed by atoms with Crippen molar-refractivity contribution in [3.8, 4) is 34.5 Å². The van der Waals surface area contributed by atoms with E-state index in [4.69, 9.17) is 44.2 Å². The maximum atomic E-state index is 14.9. The molecule has 9 aromatic carbocycles. The van der Waals surface area contributed by atoms with Gasteiger partial charge in [-0.1, -0.05) is 100 Å². The Morgan fingerprint density at radius 3 is 1.22 bits per heavy atom. The number of hydrogen-bond acceptors (Lipinski definition) is 18. The molecule has 26 heteroatoms. The van der Waals surface area contributed by atoms with Crippen molar-refractivity contribution in [2.24, 2.45) is 35.5 Å². The number of carbonyl (C=O) groups excluding carboxylic acids is 8. The first-order valence-electron chi connectivity index (χ1n) is 40.0. The lowest BCUT2D eigenvalue weighted by Crippen LogP contribution is -2.41. The summed E-state index contributed by atoms with van der Waals surface area (Å²) < 4.78 is 57.3. The number of amides is 3. The van der Waals surface area contributed by atoms with Gasteiger partial charge in [0, 0.05) is 81.5 Å².